The van der Waals surface area contributed by atoms with Crippen LogP contribution in [-0.4, -0.2) is 26.5 Å². The van der Waals surface area contributed by atoms with Crippen LogP contribution in [0.15, 0.2) is 79.3 Å². The fourth-order valence-corrected chi connectivity index (χ4v) is 3.09. The van der Waals surface area contributed by atoms with Gasteiger partial charge in [-0.25, -0.2) is 9.97 Å². The van der Waals surface area contributed by atoms with Gasteiger partial charge >= 0.3 is 0 Å². The van der Waals surface area contributed by atoms with E-state index < -0.39 is 0 Å². The minimum absolute atomic E-state index is 0.671. The van der Waals surface area contributed by atoms with E-state index in [-0.39, 0.29) is 0 Å². The smallest absolute Gasteiger partial charge is 0.149 e. The molecule has 0 atom stereocenters. The zero-order chi connectivity index (χ0) is 18.9. The maximum absolute atomic E-state index is 5.20. The maximum Gasteiger partial charge on any atom is 0.149 e. The van der Waals surface area contributed by atoms with Crippen molar-refractivity contribution < 1.29 is 4.74 Å². The summed E-state index contributed by atoms with van der Waals surface area (Å²) in [6, 6.07) is 13.7. The Morgan fingerprint density at radius 2 is 1.82 bits per heavy atom. The number of methoxy groups -OCH3 is 1. The first kappa shape index (κ1) is 16.3. The van der Waals surface area contributed by atoms with Gasteiger partial charge in [0.25, 0.3) is 0 Å². The van der Waals surface area contributed by atoms with Crippen molar-refractivity contribution in [2.45, 2.75) is 0 Å². The number of imidazole rings is 1. The number of pyridine rings is 1. The van der Waals surface area contributed by atoms with E-state index in [1.165, 1.54) is 0 Å². The van der Waals surface area contributed by atoms with Crippen LogP contribution in [0.3, 0.4) is 0 Å². The van der Waals surface area contributed by atoms with E-state index in [4.69, 9.17) is 14.7 Å². The fraction of sp³-hybridized carbons (Fsp3) is 0.0455. The molecule has 0 unspecified atom stereocenters. The number of anilines is 2. The first-order chi connectivity index (χ1) is 13.8. The molecule has 0 saturated heterocycles. The lowest BCUT2D eigenvalue weighted by molar-refractivity contribution is 0.415. The molecule has 6 nitrogen and oxygen atoms in total. The second kappa shape index (κ2) is 6.66. The molecule has 28 heavy (non-hydrogen) atoms. The average molecular weight is 367 g/mol. The zero-order valence-corrected chi connectivity index (χ0v) is 15.2. The minimum Gasteiger partial charge on any atom is -0.497 e. The lowest BCUT2D eigenvalue weighted by atomic mass is 10.1. The van der Waals surface area contributed by atoms with Gasteiger partial charge in [-0.15, -0.1) is 0 Å². The van der Waals surface area contributed by atoms with Crippen molar-refractivity contribution in [3.8, 4) is 17.1 Å². The molecule has 3 heterocycles. The third-order valence-corrected chi connectivity index (χ3v) is 4.60. The van der Waals surface area contributed by atoms with Crippen molar-refractivity contribution >= 4 is 22.7 Å². The van der Waals surface area contributed by atoms with Gasteiger partial charge in [0.1, 0.15) is 22.9 Å². The molecule has 0 radical (unpaired) electrons. The first-order valence-electron chi connectivity index (χ1n) is 8.90. The molecular weight excluding hydrogens is 350 g/mol. The molecule has 4 aromatic rings. The van der Waals surface area contributed by atoms with Gasteiger partial charge in [0.2, 0.25) is 0 Å². The van der Waals surface area contributed by atoms with Crippen molar-refractivity contribution in [2.75, 3.05) is 12.4 Å². The largest absolute Gasteiger partial charge is 0.497 e. The van der Waals surface area contributed by atoms with Crippen LogP contribution in [0.25, 0.3) is 22.6 Å². The molecular formula is C22H17N5O. The molecule has 1 N–H and O–H groups in total. The number of fused-ring (bicyclic) bond motifs is 1. The summed E-state index contributed by atoms with van der Waals surface area (Å²) < 4.78 is 7.24. The van der Waals surface area contributed by atoms with Gasteiger partial charge < -0.3 is 10.1 Å². The van der Waals surface area contributed by atoms with E-state index in [0.717, 1.165) is 39.7 Å². The van der Waals surface area contributed by atoms with Gasteiger partial charge in [-0.05, 0) is 36.4 Å². The molecule has 6 heteroatoms. The fourth-order valence-electron chi connectivity index (χ4n) is 3.09. The Balaban J connectivity index is 1.49. The Morgan fingerprint density at radius 3 is 2.57 bits per heavy atom. The standard InChI is InChI=1S/C22H17N5O/c1-28-17-10-8-16(9-11-17)24-21-13-23-12-18(25-21)20-6-3-7-22-26-19(14-27(20)22)15-4-2-5-15/h2-14H,1H3,(H,24,25). The number of benzene rings is 1. The summed E-state index contributed by atoms with van der Waals surface area (Å²) in [7, 11) is 1.65. The third kappa shape index (κ3) is 2.91. The molecule has 0 saturated carbocycles. The van der Waals surface area contributed by atoms with E-state index in [2.05, 4.69) is 22.5 Å². The van der Waals surface area contributed by atoms with Gasteiger partial charge in [-0.3, -0.25) is 9.38 Å². The Kier molecular flexibility index (Phi) is 3.87. The summed E-state index contributed by atoms with van der Waals surface area (Å²) in [5.74, 6) is 1.48. The Bertz CT molecular complexity index is 1220. The number of ether oxygens (including phenoxy) is 1. The quantitative estimate of drug-likeness (QED) is 0.563. The second-order valence-electron chi connectivity index (χ2n) is 6.39. The predicted octanol–water partition coefficient (Wildman–Crippen LogP) is 4.50. The highest BCUT2D eigenvalue weighted by molar-refractivity contribution is 5.80. The van der Waals surface area contributed by atoms with Crippen LogP contribution in [0.1, 0.15) is 5.69 Å². The molecule has 1 aliphatic carbocycles. The highest BCUT2D eigenvalue weighted by Gasteiger charge is 2.12. The third-order valence-electron chi connectivity index (χ3n) is 4.60. The number of hydrogen-bond acceptors (Lipinski definition) is 5. The monoisotopic (exact) mass is 367 g/mol. The van der Waals surface area contributed by atoms with Crippen molar-refractivity contribution in [3.63, 3.8) is 0 Å². The van der Waals surface area contributed by atoms with Crippen molar-refractivity contribution in [1.29, 1.82) is 0 Å². The van der Waals surface area contributed by atoms with Crippen LogP contribution in [0.2, 0.25) is 0 Å². The Hall–Kier alpha value is -3.93. The maximum atomic E-state index is 5.20. The van der Waals surface area contributed by atoms with Gasteiger partial charge in [0.15, 0.2) is 0 Å². The van der Waals surface area contributed by atoms with E-state index in [9.17, 15) is 0 Å². The van der Waals surface area contributed by atoms with Crippen LogP contribution in [0, 0.1) is 0 Å². The lowest BCUT2D eigenvalue weighted by Crippen LogP contribution is -1.98. The SMILES string of the molecule is COc1ccc(Nc2cncc(-c3cccc4nc(C5=CC=C5)cn34)n2)cc1. The highest BCUT2D eigenvalue weighted by Crippen LogP contribution is 2.26. The molecule has 0 amide bonds. The summed E-state index contributed by atoms with van der Waals surface area (Å²) in [4.78, 5) is 13.8. The lowest BCUT2D eigenvalue weighted by Gasteiger charge is -2.09. The summed E-state index contributed by atoms with van der Waals surface area (Å²) in [6.45, 7) is 0. The van der Waals surface area contributed by atoms with Crippen LogP contribution in [0.4, 0.5) is 11.5 Å². The number of hydrogen-bond donors (Lipinski definition) is 1. The molecule has 0 bridgehead atoms. The van der Waals surface area contributed by atoms with E-state index >= 15 is 0 Å². The van der Waals surface area contributed by atoms with E-state index in [0.29, 0.717) is 5.82 Å². The number of aromatic nitrogens is 4. The van der Waals surface area contributed by atoms with Gasteiger partial charge in [0.05, 0.1) is 30.9 Å². The molecule has 0 fully saturated rings. The number of rotatable bonds is 5. The molecule has 0 aliphatic heterocycles. The molecule has 136 valence electrons. The second-order valence-corrected chi connectivity index (χ2v) is 6.39. The highest BCUT2D eigenvalue weighted by atomic mass is 16.5. The predicted molar refractivity (Wildman–Crippen MR) is 110 cm³/mol. The van der Waals surface area contributed by atoms with Crippen molar-refractivity contribution in [2.24, 2.45) is 0 Å². The summed E-state index contributed by atoms with van der Waals surface area (Å²) in [5, 5.41) is 3.28. The average Bonchev–Trinajstić information content (AvgIpc) is 3.10. The van der Waals surface area contributed by atoms with Crippen molar-refractivity contribution in [1.82, 2.24) is 19.4 Å². The molecule has 1 aromatic carbocycles. The minimum atomic E-state index is 0.671. The molecule has 3 aromatic heterocycles. The van der Waals surface area contributed by atoms with Crippen molar-refractivity contribution in [3.05, 3.63) is 85.0 Å². The van der Waals surface area contributed by atoms with E-state index in [1.807, 2.05) is 59.1 Å². The van der Waals surface area contributed by atoms with Crippen LogP contribution >= 0.6 is 0 Å². The number of nitrogens with one attached hydrogen (secondary N) is 1. The molecule has 0 spiro atoms. The Morgan fingerprint density at radius 1 is 0.964 bits per heavy atom. The Labute approximate surface area is 161 Å². The van der Waals surface area contributed by atoms with E-state index in [1.54, 1.807) is 19.5 Å². The van der Waals surface area contributed by atoms with Crippen LogP contribution in [-0.2, 0) is 0 Å². The number of nitrogens with zero attached hydrogens (tertiary/aromatic N) is 4. The van der Waals surface area contributed by atoms with Gasteiger partial charge in [-0.2, -0.15) is 0 Å². The summed E-state index contributed by atoms with van der Waals surface area (Å²) in [5.41, 5.74) is 5.59. The number of allylic oxidation sites excluding steroid dienone is 4. The van der Waals surface area contributed by atoms with Gasteiger partial charge in [0, 0.05) is 17.5 Å². The first-order valence-corrected chi connectivity index (χ1v) is 8.90. The molecule has 1 aliphatic rings. The normalized spacial score (nSPS) is 12.5. The van der Waals surface area contributed by atoms with Crippen LogP contribution < -0.4 is 10.1 Å². The topological polar surface area (TPSA) is 64.3 Å². The molecule has 5 rings (SSSR count). The summed E-state index contributed by atoms with van der Waals surface area (Å²) >= 11 is 0. The summed E-state index contributed by atoms with van der Waals surface area (Å²) in [6.07, 6.45) is 11.6. The van der Waals surface area contributed by atoms with Gasteiger partial charge in [-0.1, -0.05) is 24.3 Å². The zero-order valence-electron chi connectivity index (χ0n) is 15.2. The van der Waals surface area contributed by atoms with Crippen LogP contribution in [0.5, 0.6) is 5.75 Å².